The summed E-state index contributed by atoms with van der Waals surface area (Å²) in [5.74, 6) is 0. The third kappa shape index (κ3) is 18.1. The van der Waals surface area contributed by atoms with Gasteiger partial charge in [-0.25, -0.2) is 5.71 Å². The van der Waals surface area contributed by atoms with Gasteiger partial charge in [-0.2, -0.15) is 13.8 Å². The Morgan fingerprint density at radius 2 is 1.27 bits per heavy atom. The first-order chi connectivity index (χ1) is 4.36. The van der Waals surface area contributed by atoms with E-state index >= 15 is 0 Å². The fourth-order valence-electron chi connectivity index (χ4n) is 0. The maximum atomic E-state index is 8.81. The minimum atomic E-state index is -0.0278. The van der Waals surface area contributed by atoms with Crippen molar-refractivity contribution in [2.24, 2.45) is 5.41 Å². The third-order valence-corrected chi connectivity index (χ3v) is 1.09. The molecule has 0 aromatic rings. The Labute approximate surface area is 96.7 Å². The molecule has 0 aromatic heterocycles. The molecule has 0 aromatic carbocycles. The van der Waals surface area contributed by atoms with Crippen LogP contribution in [0.2, 0.25) is 0 Å². The van der Waals surface area contributed by atoms with Crippen molar-refractivity contribution in [3.05, 3.63) is 11.8 Å². The van der Waals surface area contributed by atoms with Crippen LogP contribution in [-0.2, 0) is 32.7 Å². The largest absolute Gasteiger partial charge is 0.811 e. The monoisotopic (exact) mass is 230 g/mol. The first-order valence-electron chi connectivity index (χ1n) is 3.63. The Hall–Kier alpha value is 0.774. The average molecular weight is 230 g/mol. The van der Waals surface area contributed by atoms with Gasteiger partial charge in [0.2, 0.25) is 0 Å². The van der Waals surface area contributed by atoms with Crippen molar-refractivity contribution in [1.29, 1.82) is 0 Å². The maximum absolute atomic E-state index is 8.81. The van der Waals surface area contributed by atoms with Gasteiger partial charge in [0.25, 0.3) is 0 Å². The second-order valence-electron chi connectivity index (χ2n) is 3.41. The van der Waals surface area contributed by atoms with E-state index in [-0.39, 0.29) is 38.1 Å². The molecule has 1 nitrogen and oxygen atoms in total. The van der Waals surface area contributed by atoms with Crippen LogP contribution >= 0.6 is 0 Å². The molecule has 1 radical (unpaired) electrons. The SMILES string of the molecule is CC(=[N-])C(C)(C)C.C[CH-]C.[Y]. The fourth-order valence-corrected chi connectivity index (χ4v) is 0. The van der Waals surface area contributed by atoms with Crippen molar-refractivity contribution in [1.82, 2.24) is 0 Å². The van der Waals surface area contributed by atoms with Crippen molar-refractivity contribution < 1.29 is 32.7 Å². The van der Waals surface area contributed by atoms with Crippen molar-refractivity contribution in [2.75, 3.05) is 0 Å². The molecule has 0 saturated carbocycles. The number of nitrogens with zero attached hydrogens (tertiary/aromatic N) is 1. The summed E-state index contributed by atoms with van der Waals surface area (Å²) in [6.45, 7) is 11.6. The van der Waals surface area contributed by atoms with Gasteiger partial charge in [-0.05, 0) is 5.41 Å². The van der Waals surface area contributed by atoms with Crippen LogP contribution in [0.25, 0.3) is 5.41 Å². The van der Waals surface area contributed by atoms with Gasteiger partial charge in [0.1, 0.15) is 0 Å². The molecular weight excluding hydrogens is 211 g/mol. The van der Waals surface area contributed by atoms with E-state index in [4.69, 9.17) is 5.41 Å². The molecule has 0 saturated heterocycles. The molecule has 65 valence electrons. The molecule has 0 rings (SSSR count). The van der Waals surface area contributed by atoms with Crippen molar-refractivity contribution in [3.8, 4) is 0 Å². The molecule has 0 fully saturated rings. The normalized spacial score (nSPS) is 8.91. The van der Waals surface area contributed by atoms with Gasteiger partial charge < -0.3 is 11.8 Å². The van der Waals surface area contributed by atoms with Crippen LogP contribution in [0.5, 0.6) is 0 Å². The molecule has 0 aliphatic heterocycles. The Morgan fingerprint density at radius 1 is 1.18 bits per heavy atom. The molecule has 0 aliphatic rings. The van der Waals surface area contributed by atoms with E-state index in [0.717, 1.165) is 0 Å². The van der Waals surface area contributed by atoms with E-state index in [2.05, 4.69) is 0 Å². The zero-order valence-electron chi connectivity index (χ0n) is 8.60. The van der Waals surface area contributed by atoms with Crippen molar-refractivity contribution in [2.45, 2.75) is 41.5 Å². The van der Waals surface area contributed by atoms with Crippen LogP contribution < -0.4 is 0 Å². The Bertz CT molecular complexity index is 92.2. The average Bonchev–Trinajstić information content (AvgIpc) is 1.64. The van der Waals surface area contributed by atoms with Gasteiger partial charge in [0, 0.05) is 32.7 Å². The topological polar surface area (TPSA) is 22.3 Å². The second-order valence-corrected chi connectivity index (χ2v) is 3.41. The van der Waals surface area contributed by atoms with E-state index in [0.29, 0.717) is 5.71 Å². The number of hydrogen-bond acceptors (Lipinski definition) is 0. The molecule has 0 unspecified atom stereocenters. The molecule has 11 heavy (non-hydrogen) atoms. The predicted molar refractivity (Wildman–Crippen MR) is 49.1 cm³/mol. The first-order valence-corrected chi connectivity index (χ1v) is 3.63. The summed E-state index contributed by atoms with van der Waals surface area (Å²) in [5.41, 5.74) is 0.465. The molecule has 2 heteroatoms. The summed E-state index contributed by atoms with van der Waals surface area (Å²) in [5, 5.41) is 8.81. The van der Waals surface area contributed by atoms with Crippen LogP contribution in [0.1, 0.15) is 41.5 Å². The van der Waals surface area contributed by atoms with Crippen molar-refractivity contribution >= 4 is 5.71 Å². The van der Waals surface area contributed by atoms with E-state index in [1.54, 1.807) is 6.92 Å². The number of rotatable bonds is 0. The second kappa shape index (κ2) is 8.87. The summed E-state index contributed by atoms with van der Waals surface area (Å²) in [6, 6.07) is 0. The quantitative estimate of drug-likeness (QED) is 0.450. The Kier molecular flexibility index (Phi) is 14.3. The molecule has 0 aliphatic carbocycles. The van der Waals surface area contributed by atoms with Gasteiger partial charge in [0.05, 0.1) is 0 Å². The zero-order valence-corrected chi connectivity index (χ0v) is 11.4. The minimum Gasteiger partial charge on any atom is -0.811 e. The Morgan fingerprint density at radius 3 is 1.27 bits per heavy atom. The van der Waals surface area contributed by atoms with Crippen LogP contribution in [0.3, 0.4) is 0 Å². The van der Waals surface area contributed by atoms with Crippen LogP contribution in [0.15, 0.2) is 0 Å². The molecule has 0 bridgehead atoms. The molecule has 0 N–H and O–H groups in total. The summed E-state index contributed by atoms with van der Waals surface area (Å²) >= 11 is 0. The molecule has 0 spiro atoms. The molecular formula is C9H19NY-2. The summed E-state index contributed by atoms with van der Waals surface area (Å²) in [4.78, 5) is 0. The van der Waals surface area contributed by atoms with Crippen LogP contribution in [0, 0.1) is 11.8 Å². The van der Waals surface area contributed by atoms with Gasteiger partial charge >= 0.3 is 0 Å². The molecule has 0 amide bonds. The minimum absolute atomic E-state index is 0. The predicted octanol–water partition coefficient (Wildman–Crippen LogP) is 3.29. The first kappa shape index (κ1) is 17.8. The standard InChI is InChI=1S/C6H12N.C3H7.Y/c1-5(7)6(2,3)4;1-3-2;/h1-4H3;3H,1-2H3;/q2*-1;. The summed E-state index contributed by atoms with van der Waals surface area (Å²) < 4.78 is 0. The van der Waals surface area contributed by atoms with Gasteiger partial charge in [0.15, 0.2) is 0 Å². The van der Waals surface area contributed by atoms with E-state index in [9.17, 15) is 0 Å². The van der Waals surface area contributed by atoms with Crippen molar-refractivity contribution in [3.63, 3.8) is 0 Å². The molecule has 0 atom stereocenters. The summed E-state index contributed by atoms with van der Waals surface area (Å²) in [7, 11) is 0. The van der Waals surface area contributed by atoms with Crippen LogP contribution in [0.4, 0.5) is 0 Å². The fraction of sp³-hybridized carbons (Fsp3) is 0.778. The van der Waals surface area contributed by atoms with Gasteiger partial charge in [-0.15, -0.1) is 0 Å². The number of hydrogen-bond donors (Lipinski definition) is 0. The van der Waals surface area contributed by atoms with Gasteiger partial charge in [-0.1, -0.05) is 27.7 Å². The van der Waals surface area contributed by atoms with Crippen LogP contribution in [-0.4, -0.2) is 5.71 Å². The van der Waals surface area contributed by atoms with E-state index < -0.39 is 0 Å². The summed E-state index contributed by atoms with van der Waals surface area (Å²) in [6.07, 6.45) is 2.00. The van der Waals surface area contributed by atoms with E-state index in [1.165, 1.54) is 0 Å². The maximum Gasteiger partial charge on any atom is 0 e. The zero-order chi connectivity index (χ0) is 8.78. The molecule has 0 heterocycles. The van der Waals surface area contributed by atoms with E-state index in [1.807, 2.05) is 41.0 Å². The third-order valence-electron chi connectivity index (χ3n) is 1.09. The smallest absolute Gasteiger partial charge is 0 e. The van der Waals surface area contributed by atoms with Gasteiger partial charge in [-0.3, -0.25) is 0 Å². The Balaban J connectivity index is -0.000000140.